The van der Waals surface area contributed by atoms with Crippen molar-refractivity contribution in [1.82, 2.24) is 4.98 Å². The van der Waals surface area contributed by atoms with Gasteiger partial charge in [-0.2, -0.15) is 0 Å². The summed E-state index contributed by atoms with van der Waals surface area (Å²) in [5.74, 6) is 0. The molecule has 0 N–H and O–H groups in total. The summed E-state index contributed by atoms with van der Waals surface area (Å²) in [5.41, 5.74) is 9.92. The number of hydrogen-bond acceptors (Lipinski definition) is 1. The lowest BCUT2D eigenvalue weighted by atomic mass is 9.84. The number of hydrogen-bond donors (Lipinski definition) is 0. The zero-order valence-corrected chi connectivity index (χ0v) is 16.4. The highest BCUT2D eigenvalue weighted by Crippen LogP contribution is 2.39. The second-order valence-corrected chi connectivity index (χ2v) is 7.55. The quantitative estimate of drug-likeness (QED) is 0.367. The Bertz CT molecular complexity index is 1140. The molecule has 29 heavy (non-hydrogen) atoms. The fourth-order valence-corrected chi connectivity index (χ4v) is 4.19. The molecule has 3 aromatic carbocycles. The van der Waals surface area contributed by atoms with E-state index in [0.29, 0.717) is 0 Å². The van der Waals surface area contributed by atoms with E-state index in [2.05, 4.69) is 103 Å². The second kappa shape index (κ2) is 7.89. The lowest BCUT2D eigenvalue weighted by Crippen LogP contribution is -2.08. The van der Waals surface area contributed by atoms with Crippen molar-refractivity contribution in [3.05, 3.63) is 114 Å². The van der Waals surface area contributed by atoms with Crippen molar-refractivity contribution in [2.75, 3.05) is 0 Å². The molecule has 0 bridgehead atoms. The molecule has 0 amide bonds. The summed E-state index contributed by atoms with van der Waals surface area (Å²) < 4.78 is 0. The monoisotopic (exact) mass is 373 g/mol. The van der Waals surface area contributed by atoms with E-state index in [1.54, 1.807) is 0 Å². The number of benzene rings is 3. The van der Waals surface area contributed by atoms with E-state index in [4.69, 9.17) is 4.98 Å². The van der Waals surface area contributed by atoms with Crippen LogP contribution in [0.2, 0.25) is 0 Å². The van der Waals surface area contributed by atoms with Gasteiger partial charge in [0.15, 0.2) is 0 Å². The zero-order chi connectivity index (χ0) is 19.5. The maximum atomic E-state index is 5.18. The molecular formula is C28H23N. The van der Waals surface area contributed by atoms with Gasteiger partial charge in [-0.05, 0) is 59.2 Å². The van der Waals surface area contributed by atoms with Gasteiger partial charge in [0, 0.05) is 5.56 Å². The largest absolute Gasteiger partial charge is 0.248 e. The predicted octanol–water partition coefficient (Wildman–Crippen LogP) is 7.29. The van der Waals surface area contributed by atoms with Gasteiger partial charge in [-0.3, -0.25) is 0 Å². The van der Waals surface area contributed by atoms with Crippen LogP contribution in [0.4, 0.5) is 0 Å². The van der Waals surface area contributed by atoms with Crippen molar-refractivity contribution < 1.29 is 0 Å². The average molecular weight is 373 g/mol. The summed E-state index contributed by atoms with van der Waals surface area (Å²) in [5, 5.41) is 0. The van der Waals surface area contributed by atoms with E-state index in [-0.39, 0.29) is 0 Å². The molecule has 1 aliphatic rings. The summed E-state index contributed by atoms with van der Waals surface area (Å²) in [4.78, 5) is 5.18. The highest BCUT2D eigenvalue weighted by molar-refractivity contribution is 5.87. The number of aromatic nitrogens is 1. The van der Waals surface area contributed by atoms with Crippen molar-refractivity contribution in [3.63, 3.8) is 0 Å². The van der Waals surface area contributed by atoms with Crippen LogP contribution in [-0.2, 0) is 6.42 Å². The van der Waals surface area contributed by atoms with Crippen molar-refractivity contribution in [2.45, 2.75) is 19.3 Å². The van der Waals surface area contributed by atoms with Crippen LogP contribution in [0.15, 0.2) is 97.1 Å². The summed E-state index contributed by atoms with van der Waals surface area (Å²) >= 11 is 0. The third kappa shape index (κ3) is 3.64. The molecule has 140 valence electrons. The minimum atomic E-state index is 1.05. The SMILES string of the molecule is C(=C1\CCCc2c(-c3ccccc3)cc(-c3ccccc3)nc21)/c1ccccc1. The van der Waals surface area contributed by atoms with E-state index in [1.165, 1.54) is 33.5 Å². The second-order valence-electron chi connectivity index (χ2n) is 7.55. The molecule has 1 heterocycles. The first-order valence-electron chi connectivity index (χ1n) is 10.3. The van der Waals surface area contributed by atoms with Crippen LogP contribution in [0.5, 0.6) is 0 Å². The maximum absolute atomic E-state index is 5.18. The summed E-state index contributed by atoms with van der Waals surface area (Å²) in [7, 11) is 0. The molecule has 1 aliphatic carbocycles. The molecule has 1 nitrogen and oxygen atoms in total. The molecule has 0 aliphatic heterocycles. The Balaban J connectivity index is 1.73. The first kappa shape index (κ1) is 17.6. The topological polar surface area (TPSA) is 12.9 Å². The van der Waals surface area contributed by atoms with Crippen LogP contribution < -0.4 is 0 Å². The molecule has 0 saturated carbocycles. The van der Waals surface area contributed by atoms with Crippen molar-refractivity contribution in [1.29, 1.82) is 0 Å². The summed E-state index contributed by atoms with van der Waals surface area (Å²) in [6.07, 6.45) is 5.63. The van der Waals surface area contributed by atoms with Crippen LogP contribution >= 0.6 is 0 Å². The molecule has 0 unspecified atom stereocenters. The zero-order valence-electron chi connectivity index (χ0n) is 16.4. The van der Waals surface area contributed by atoms with E-state index >= 15 is 0 Å². The van der Waals surface area contributed by atoms with E-state index < -0.39 is 0 Å². The summed E-state index contributed by atoms with van der Waals surface area (Å²) in [6.45, 7) is 0. The lowest BCUT2D eigenvalue weighted by molar-refractivity contribution is 0.813. The van der Waals surface area contributed by atoms with Crippen molar-refractivity contribution in [3.8, 4) is 22.4 Å². The van der Waals surface area contributed by atoms with Gasteiger partial charge in [0.05, 0.1) is 11.4 Å². The Morgan fingerprint density at radius 1 is 0.655 bits per heavy atom. The molecule has 4 aromatic rings. The van der Waals surface area contributed by atoms with Gasteiger partial charge in [0.2, 0.25) is 0 Å². The normalized spacial score (nSPS) is 14.6. The number of rotatable bonds is 3. The lowest BCUT2D eigenvalue weighted by Gasteiger charge is -2.23. The third-order valence-corrected chi connectivity index (χ3v) is 5.60. The fraction of sp³-hybridized carbons (Fsp3) is 0.107. The molecule has 0 spiro atoms. The van der Waals surface area contributed by atoms with Gasteiger partial charge < -0.3 is 0 Å². The maximum Gasteiger partial charge on any atom is 0.0715 e. The standard InChI is InChI=1S/C28H23N/c1-4-11-21(12-5-1)19-24-17-10-18-25-26(22-13-6-2-7-14-22)20-27(29-28(24)25)23-15-8-3-9-16-23/h1-9,11-16,19-20H,10,17-18H2/b24-19-. The molecule has 0 atom stereocenters. The Labute approximate surface area is 172 Å². The smallest absolute Gasteiger partial charge is 0.0715 e. The van der Waals surface area contributed by atoms with Gasteiger partial charge in [0.25, 0.3) is 0 Å². The Morgan fingerprint density at radius 2 is 1.28 bits per heavy atom. The first-order valence-corrected chi connectivity index (χ1v) is 10.3. The minimum absolute atomic E-state index is 1.05. The highest BCUT2D eigenvalue weighted by atomic mass is 14.7. The molecule has 0 saturated heterocycles. The fourth-order valence-electron chi connectivity index (χ4n) is 4.19. The van der Waals surface area contributed by atoms with E-state index in [1.807, 2.05) is 0 Å². The van der Waals surface area contributed by atoms with E-state index in [9.17, 15) is 0 Å². The van der Waals surface area contributed by atoms with Gasteiger partial charge in [-0.15, -0.1) is 0 Å². The van der Waals surface area contributed by atoms with Crippen LogP contribution in [0.1, 0.15) is 29.7 Å². The average Bonchev–Trinajstić information content (AvgIpc) is 2.80. The van der Waals surface area contributed by atoms with Crippen LogP contribution in [0.3, 0.4) is 0 Å². The molecular weight excluding hydrogens is 350 g/mol. The number of nitrogens with zero attached hydrogens (tertiary/aromatic N) is 1. The van der Waals surface area contributed by atoms with Crippen molar-refractivity contribution >= 4 is 11.6 Å². The summed E-state index contributed by atoms with van der Waals surface area (Å²) in [6, 6.07) is 34.1. The first-order chi connectivity index (χ1) is 14.4. The number of fused-ring (bicyclic) bond motifs is 1. The van der Waals surface area contributed by atoms with Gasteiger partial charge >= 0.3 is 0 Å². The van der Waals surface area contributed by atoms with Crippen LogP contribution in [0.25, 0.3) is 34.0 Å². The van der Waals surface area contributed by atoms with Crippen molar-refractivity contribution in [2.24, 2.45) is 0 Å². The third-order valence-electron chi connectivity index (χ3n) is 5.60. The van der Waals surface area contributed by atoms with Crippen LogP contribution in [-0.4, -0.2) is 4.98 Å². The molecule has 1 aromatic heterocycles. The predicted molar refractivity (Wildman–Crippen MR) is 122 cm³/mol. The van der Waals surface area contributed by atoms with Crippen LogP contribution in [0, 0.1) is 0 Å². The number of pyridine rings is 1. The van der Waals surface area contributed by atoms with Gasteiger partial charge in [-0.25, -0.2) is 4.98 Å². The van der Waals surface area contributed by atoms with Gasteiger partial charge in [0.1, 0.15) is 0 Å². The molecule has 0 radical (unpaired) electrons. The number of allylic oxidation sites excluding steroid dienone is 1. The highest BCUT2D eigenvalue weighted by Gasteiger charge is 2.21. The Hall–Kier alpha value is -3.45. The van der Waals surface area contributed by atoms with E-state index in [0.717, 1.165) is 30.5 Å². The molecule has 1 heteroatoms. The van der Waals surface area contributed by atoms with Gasteiger partial charge in [-0.1, -0.05) is 91.0 Å². The Morgan fingerprint density at radius 3 is 1.97 bits per heavy atom. The molecule has 5 rings (SSSR count). The Kier molecular flexibility index (Phi) is 4.80. The molecule has 0 fully saturated rings. The minimum Gasteiger partial charge on any atom is -0.248 e.